The first kappa shape index (κ1) is 15.8. The molecule has 0 aromatic heterocycles. The van der Waals surface area contributed by atoms with Crippen LogP contribution in [0.15, 0.2) is 29.2 Å². The molecule has 0 bridgehead atoms. The summed E-state index contributed by atoms with van der Waals surface area (Å²) in [6.45, 7) is 3.29. The zero-order valence-corrected chi connectivity index (χ0v) is 13.4. The number of hydrogen-bond acceptors (Lipinski definition) is 3. The molecule has 1 aromatic carbocycles. The minimum absolute atomic E-state index is 0.0806. The Bertz CT molecular complexity index is 620. The summed E-state index contributed by atoms with van der Waals surface area (Å²) >= 11 is 0. The Hall–Kier alpha value is -1.60. The highest BCUT2D eigenvalue weighted by atomic mass is 32.2. The molecule has 116 valence electrons. The number of nitrogens with zero attached hydrogens (tertiary/aromatic N) is 3. The van der Waals surface area contributed by atoms with Gasteiger partial charge in [-0.1, -0.05) is 18.2 Å². The van der Waals surface area contributed by atoms with Gasteiger partial charge in [-0.3, -0.25) is 0 Å². The lowest BCUT2D eigenvalue weighted by Gasteiger charge is -2.35. The van der Waals surface area contributed by atoms with E-state index in [2.05, 4.69) is 0 Å². The molecule has 1 aromatic rings. The van der Waals surface area contributed by atoms with Gasteiger partial charge in [-0.15, -0.1) is 0 Å². The van der Waals surface area contributed by atoms with Gasteiger partial charge in [0, 0.05) is 40.3 Å². The fourth-order valence-corrected chi connectivity index (χ4v) is 4.04. The van der Waals surface area contributed by atoms with E-state index in [4.69, 9.17) is 0 Å². The first-order valence-corrected chi connectivity index (χ1v) is 8.30. The number of urea groups is 1. The first-order chi connectivity index (χ1) is 9.84. The molecule has 0 unspecified atom stereocenters. The number of carbonyl (C=O) groups excluding carboxylic acids is 1. The van der Waals surface area contributed by atoms with Crippen molar-refractivity contribution in [3.05, 3.63) is 29.8 Å². The standard InChI is InChI=1S/C14H21N3O3S/c1-12-6-4-5-7-13(12)21(19,20)17-10-8-16(9-11-17)14(18)15(2)3/h4-7H,8-11H2,1-3H3. The molecule has 0 radical (unpaired) electrons. The van der Waals surface area contributed by atoms with Crippen LogP contribution in [0.2, 0.25) is 0 Å². The number of carbonyl (C=O) groups is 1. The van der Waals surface area contributed by atoms with Crippen LogP contribution in [0.25, 0.3) is 0 Å². The molecule has 7 heteroatoms. The van der Waals surface area contributed by atoms with Gasteiger partial charge in [0.1, 0.15) is 0 Å². The molecule has 0 aliphatic carbocycles. The highest BCUT2D eigenvalue weighted by Gasteiger charge is 2.31. The van der Waals surface area contributed by atoms with Gasteiger partial charge in [0.15, 0.2) is 0 Å². The molecular formula is C14H21N3O3S. The predicted molar refractivity (Wildman–Crippen MR) is 80.6 cm³/mol. The molecule has 6 nitrogen and oxygen atoms in total. The summed E-state index contributed by atoms with van der Waals surface area (Å²) < 4.78 is 26.7. The van der Waals surface area contributed by atoms with Gasteiger partial charge in [0.2, 0.25) is 10.0 Å². The second-order valence-electron chi connectivity index (χ2n) is 5.33. The summed E-state index contributed by atoms with van der Waals surface area (Å²) in [4.78, 5) is 15.4. The molecule has 2 amide bonds. The van der Waals surface area contributed by atoms with Crippen LogP contribution in [0.3, 0.4) is 0 Å². The lowest BCUT2D eigenvalue weighted by Crippen LogP contribution is -2.52. The molecule has 1 aliphatic rings. The maximum Gasteiger partial charge on any atom is 0.319 e. The van der Waals surface area contributed by atoms with Crippen molar-refractivity contribution >= 4 is 16.1 Å². The van der Waals surface area contributed by atoms with Gasteiger partial charge < -0.3 is 9.80 Å². The molecule has 0 spiro atoms. The van der Waals surface area contributed by atoms with Gasteiger partial charge in [-0.05, 0) is 18.6 Å². The molecule has 0 saturated carbocycles. The number of aryl methyl sites for hydroxylation is 1. The molecule has 0 N–H and O–H groups in total. The molecule has 1 fully saturated rings. The summed E-state index contributed by atoms with van der Waals surface area (Å²) in [6, 6.07) is 6.89. The molecule has 1 aliphatic heterocycles. The van der Waals surface area contributed by atoms with Crippen LogP contribution < -0.4 is 0 Å². The van der Waals surface area contributed by atoms with E-state index >= 15 is 0 Å². The smallest absolute Gasteiger partial charge is 0.319 e. The van der Waals surface area contributed by atoms with Crippen molar-refractivity contribution in [1.82, 2.24) is 14.1 Å². The van der Waals surface area contributed by atoms with Gasteiger partial charge in [0.25, 0.3) is 0 Å². The Labute approximate surface area is 126 Å². The molecule has 1 saturated heterocycles. The highest BCUT2D eigenvalue weighted by molar-refractivity contribution is 7.89. The van der Waals surface area contributed by atoms with Crippen molar-refractivity contribution in [3.63, 3.8) is 0 Å². The van der Waals surface area contributed by atoms with E-state index in [-0.39, 0.29) is 6.03 Å². The SMILES string of the molecule is Cc1ccccc1S(=O)(=O)N1CCN(C(=O)N(C)C)CC1. The molecular weight excluding hydrogens is 290 g/mol. The Morgan fingerprint density at radius 3 is 2.19 bits per heavy atom. The van der Waals surface area contributed by atoms with Crippen LogP contribution in [-0.4, -0.2) is 68.8 Å². The van der Waals surface area contributed by atoms with Gasteiger partial charge in [0.05, 0.1) is 4.90 Å². The molecule has 1 heterocycles. The lowest BCUT2D eigenvalue weighted by molar-refractivity contribution is 0.149. The molecule has 2 rings (SSSR count). The van der Waals surface area contributed by atoms with E-state index in [9.17, 15) is 13.2 Å². The number of hydrogen-bond donors (Lipinski definition) is 0. The largest absolute Gasteiger partial charge is 0.331 e. The minimum Gasteiger partial charge on any atom is -0.331 e. The summed E-state index contributed by atoms with van der Waals surface area (Å²) in [5.74, 6) is 0. The van der Waals surface area contributed by atoms with Gasteiger partial charge >= 0.3 is 6.03 Å². The monoisotopic (exact) mass is 311 g/mol. The lowest BCUT2D eigenvalue weighted by atomic mass is 10.2. The van der Waals surface area contributed by atoms with Crippen LogP contribution >= 0.6 is 0 Å². The van der Waals surface area contributed by atoms with Gasteiger partial charge in [-0.2, -0.15) is 4.31 Å². The summed E-state index contributed by atoms with van der Waals surface area (Å²) in [6.07, 6.45) is 0. The van der Waals surface area contributed by atoms with Crippen LogP contribution in [0.1, 0.15) is 5.56 Å². The summed E-state index contributed by atoms with van der Waals surface area (Å²) in [5.41, 5.74) is 0.740. The minimum atomic E-state index is -3.48. The van der Waals surface area contributed by atoms with Crippen LogP contribution in [0.5, 0.6) is 0 Å². The van der Waals surface area contributed by atoms with Crippen LogP contribution in [-0.2, 0) is 10.0 Å². The maximum absolute atomic E-state index is 12.6. The van der Waals surface area contributed by atoms with Crippen molar-refractivity contribution < 1.29 is 13.2 Å². The van der Waals surface area contributed by atoms with Crippen molar-refractivity contribution in [2.75, 3.05) is 40.3 Å². The van der Waals surface area contributed by atoms with E-state index in [1.54, 1.807) is 44.1 Å². The van der Waals surface area contributed by atoms with Gasteiger partial charge in [-0.25, -0.2) is 13.2 Å². The second kappa shape index (κ2) is 6.03. The first-order valence-electron chi connectivity index (χ1n) is 6.86. The van der Waals surface area contributed by atoms with E-state index in [1.807, 2.05) is 6.07 Å². The van der Waals surface area contributed by atoms with Crippen molar-refractivity contribution in [2.45, 2.75) is 11.8 Å². The third-order valence-corrected chi connectivity index (χ3v) is 5.66. The number of piperazine rings is 1. The van der Waals surface area contributed by atoms with Crippen molar-refractivity contribution in [3.8, 4) is 0 Å². The number of rotatable bonds is 2. The summed E-state index contributed by atoms with van der Waals surface area (Å²) in [7, 11) is -0.0939. The van der Waals surface area contributed by atoms with Crippen LogP contribution in [0.4, 0.5) is 4.79 Å². The fraction of sp³-hybridized carbons (Fsp3) is 0.500. The number of benzene rings is 1. The normalized spacial score (nSPS) is 16.8. The Morgan fingerprint density at radius 2 is 1.67 bits per heavy atom. The van der Waals surface area contributed by atoms with Crippen molar-refractivity contribution in [1.29, 1.82) is 0 Å². The summed E-state index contributed by atoms with van der Waals surface area (Å²) in [5, 5.41) is 0. The third-order valence-electron chi connectivity index (χ3n) is 3.60. The van der Waals surface area contributed by atoms with Crippen molar-refractivity contribution in [2.24, 2.45) is 0 Å². The average molecular weight is 311 g/mol. The second-order valence-corrected chi connectivity index (χ2v) is 7.24. The van der Waals surface area contributed by atoms with Crippen LogP contribution in [0, 0.1) is 6.92 Å². The predicted octanol–water partition coefficient (Wildman–Crippen LogP) is 0.983. The zero-order chi connectivity index (χ0) is 15.6. The molecule has 21 heavy (non-hydrogen) atoms. The Balaban J connectivity index is 2.12. The fourth-order valence-electron chi connectivity index (χ4n) is 2.39. The van der Waals surface area contributed by atoms with E-state index in [0.29, 0.717) is 31.1 Å². The van der Waals surface area contributed by atoms with E-state index < -0.39 is 10.0 Å². The quantitative estimate of drug-likeness (QED) is 0.818. The topological polar surface area (TPSA) is 60.9 Å². The van der Waals surface area contributed by atoms with E-state index in [1.165, 1.54) is 9.21 Å². The zero-order valence-electron chi connectivity index (χ0n) is 12.6. The third kappa shape index (κ3) is 3.19. The Morgan fingerprint density at radius 1 is 1.10 bits per heavy atom. The van der Waals surface area contributed by atoms with E-state index in [0.717, 1.165) is 5.56 Å². The average Bonchev–Trinajstić information content (AvgIpc) is 2.46. The molecule has 0 atom stereocenters. The maximum atomic E-state index is 12.6. The highest BCUT2D eigenvalue weighted by Crippen LogP contribution is 2.20. The number of sulfonamides is 1. The Kier molecular flexibility index (Phi) is 4.53. The number of amides is 2.